The number of carbonyl (C=O) groups excluding carboxylic acids is 1. The van der Waals surface area contributed by atoms with E-state index in [4.69, 9.17) is 31.2 Å². The molecule has 4 rings (SSSR count). The van der Waals surface area contributed by atoms with Crippen molar-refractivity contribution in [3.63, 3.8) is 0 Å². The number of nitrogens with one attached hydrogen (secondary N) is 2. The first kappa shape index (κ1) is 26.7. The Morgan fingerprint density at radius 3 is 2.57 bits per heavy atom. The molecule has 3 aromatic rings. The molecule has 1 aliphatic rings. The smallest absolute Gasteiger partial charge is 0.266 e. The molecule has 0 spiro atoms. The Bertz CT molecular complexity index is 1200. The molecule has 7 nitrogen and oxygen atoms in total. The molecule has 0 fully saturated rings. The first-order chi connectivity index (χ1) is 18.0. The van der Waals surface area contributed by atoms with Crippen molar-refractivity contribution in [2.45, 2.75) is 37.8 Å². The summed E-state index contributed by atoms with van der Waals surface area (Å²) in [6.45, 7) is 2.94. The number of aliphatic hydroxyl groups is 1. The maximum absolute atomic E-state index is 13.6. The van der Waals surface area contributed by atoms with Gasteiger partial charge in [-0.3, -0.25) is 10.2 Å². The first-order valence-corrected chi connectivity index (χ1v) is 12.8. The van der Waals surface area contributed by atoms with Crippen LogP contribution in [0.5, 0.6) is 5.75 Å². The van der Waals surface area contributed by atoms with Crippen molar-refractivity contribution in [3.05, 3.63) is 101 Å². The molecular weight excluding hydrogens is 490 g/mol. The van der Waals surface area contributed by atoms with Gasteiger partial charge < -0.3 is 14.6 Å². The van der Waals surface area contributed by atoms with E-state index in [1.54, 1.807) is 0 Å². The number of rotatable bonds is 12. The summed E-state index contributed by atoms with van der Waals surface area (Å²) in [5.74, 6) is 0.856. The van der Waals surface area contributed by atoms with Crippen molar-refractivity contribution in [2.24, 2.45) is 4.99 Å². The molecule has 0 unspecified atom stereocenters. The second-order valence-corrected chi connectivity index (χ2v) is 9.41. The molecule has 0 aliphatic carbocycles. The van der Waals surface area contributed by atoms with E-state index in [1.165, 1.54) is 0 Å². The highest BCUT2D eigenvalue weighted by atomic mass is 35.5. The minimum Gasteiger partial charge on any atom is -0.494 e. The average molecular weight is 522 g/mol. The summed E-state index contributed by atoms with van der Waals surface area (Å²) in [5.41, 5.74) is 7.60. The standard InChI is InChI=1S/C29H32ClN3O4/c1-21-29(20-23-7-3-2-4-8-23,28(35)33-31-16-15-22-9-5-10-25(30)19-22)32-27(37-21)24-11-13-26(14-12-24)36-18-6-17-34/h2-5,7-14,19,21,31,34H,6,15-18,20H2,1H3,(H,33,35)/t21-,29-/m0/s1. The topological polar surface area (TPSA) is 92.2 Å². The first-order valence-electron chi connectivity index (χ1n) is 12.4. The highest BCUT2D eigenvalue weighted by Crippen LogP contribution is 2.32. The molecule has 194 valence electrons. The highest BCUT2D eigenvalue weighted by Gasteiger charge is 2.50. The lowest BCUT2D eigenvalue weighted by Crippen LogP contribution is -2.56. The maximum atomic E-state index is 13.6. The zero-order valence-electron chi connectivity index (χ0n) is 20.8. The van der Waals surface area contributed by atoms with Crippen LogP contribution in [0.3, 0.4) is 0 Å². The predicted octanol–water partition coefficient (Wildman–Crippen LogP) is 4.11. The lowest BCUT2D eigenvalue weighted by atomic mass is 9.86. The van der Waals surface area contributed by atoms with Gasteiger partial charge in [-0.15, -0.1) is 0 Å². The van der Waals surface area contributed by atoms with Crippen LogP contribution in [0.4, 0.5) is 0 Å². The molecule has 1 amide bonds. The van der Waals surface area contributed by atoms with E-state index in [9.17, 15) is 4.79 Å². The molecule has 0 bridgehead atoms. The molecule has 2 atom stereocenters. The summed E-state index contributed by atoms with van der Waals surface area (Å²) in [6, 6.07) is 24.9. The number of carbonyl (C=O) groups is 1. The number of hydrogen-bond acceptors (Lipinski definition) is 6. The Labute approximate surface area is 222 Å². The van der Waals surface area contributed by atoms with Crippen LogP contribution in [-0.2, 0) is 22.4 Å². The van der Waals surface area contributed by atoms with Crippen molar-refractivity contribution in [1.29, 1.82) is 0 Å². The Balaban J connectivity index is 1.49. The van der Waals surface area contributed by atoms with Crippen molar-refractivity contribution in [1.82, 2.24) is 10.9 Å². The van der Waals surface area contributed by atoms with Gasteiger partial charge in [0, 0.05) is 36.6 Å². The largest absolute Gasteiger partial charge is 0.494 e. The number of hydrogen-bond donors (Lipinski definition) is 3. The fourth-order valence-electron chi connectivity index (χ4n) is 4.20. The number of aliphatic imine (C=N–C) groups is 1. The van der Waals surface area contributed by atoms with Gasteiger partial charge in [-0.05, 0) is 60.9 Å². The summed E-state index contributed by atoms with van der Waals surface area (Å²) in [4.78, 5) is 18.5. The number of amides is 1. The Morgan fingerprint density at radius 2 is 1.84 bits per heavy atom. The van der Waals surface area contributed by atoms with E-state index < -0.39 is 11.6 Å². The number of aliphatic hydroxyl groups excluding tert-OH is 1. The van der Waals surface area contributed by atoms with Crippen molar-refractivity contribution in [2.75, 3.05) is 19.8 Å². The van der Waals surface area contributed by atoms with Crippen LogP contribution in [0.15, 0.2) is 83.9 Å². The van der Waals surface area contributed by atoms with Gasteiger partial charge in [0.2, 0.25) is 5.90 Å². The van der Waals surface area contributed by atoms with Gasteiger partial charge in [-0.1, -0.05) is 54.1 Å². The van der Waals surface area contributed by atoms with Crippen LogP contribution in [0.2, 0.25) is 5.02 Å². The van der Waals surface area contributed by atoms with Gasteiger partial charge in [-0.25, -0.2) is 10.4 Å². The Morgan fingerprint density at radius 1 is 1.08 bits per heavy atom. The van der Waals surface area contributed by atoms with Gasteiger partial charge in [0.15, 0.2) is 5.54 Å². The molecule has 1 heterocycles. The Kier molecular flexibility index (Phi) is 9.17. The van der Waals surface area contributed by atoms with E-state index in [0.29, 0.717) is 49.1 Å². The van der Waals surface area contributed by atoms with Crippen LogP contribution in [-0.4, -0.2) is 48.3 Å². The third-order valence-electron chi connectivity index (χ3n) is 6.27. The third-order valence-corrected chi connectivity index (χ3v) is 6.51. The maximum Gasteiger partial charge on any atom is 0.266 e. The van der Waals surface area contributed by atoms with Crippen molar-refractivity contribution >= 4 is 23.4 Å². The molecule has 0 radical (unpaired) electrons. The van der Waals surface area contributed by atoms with Gasteiger partial charge in [0.25, 0.3) is 5.91 Å². The van der Waals surface area contributed by atoms with E-state index in [0.717, 1.165) is 16.7 Å². The van der Waals surface area contributed by atoms with Crippen LogP contribution in [0, 0.1) is 0 Å². The fraction of sp³-hybridized carbons (Fsp3) is 0.310. The molecule has 0 saturated heterocycles. The number of halogens is 1. The zero-order chi connectivity index (χ0) is 26.1. The summed E-state index contributed by atoms with van der Waals surface area (Å²) >= 11 is 6.07. The highest BCUT2D eigenvalue weighted by molar-refractivity contribution is 6.30. The summed E-state index contributed by atoms with van der Waals surface area (Å²) < 4.78 is 11.8. The van der Waals surface area contributed by atoms with Gasteiger partial charge >= 0.3 is 0 Å². The minimum atomic E-state index is -1.14. The monoisotopic (exact) mass is 521 g/mol. The fourth-order valence-corrected chi connectivity index (χ4v) is 4.41. The third kappa shape index (κ3) is 6.89. The molecule has 1 aliphatic heterocycles. The molecule has 37 heavy (non-hydrogen) atoms. The molecule has 0 aromatic heterocycles. The summed E-state index contributed by atoms with van der Waals surface area (Å²) in [7, 11) is 0. The van der Waals surface area contributed by atoms with Gasteiger partial charge in [0.1, 0.15) is 11.9 Å². The molecule has 8 heteroatoms. The average Bonchev–Trinajstić information content (AvgIpc) is 3.24. The zero-order valence-corrected chi connectivity index (χ0v) is 21.6. The van der Waals surface area contributed by atoms with E-state index >= 15 is 0 Å². The molecular formula is C29H32ClN3O4. The second-order valence-electron chi connectivity index (χ2n) is 8.97. The minimum absolute atomic E-state index is 0.0850. The van der Waals surface area contributed by atoms with Crippen LogP contribution < -0.4 is 15.6 Å². The van der Waals surface area contributed by atoms with Crippen LogP contribution in [0.1, 0.15) is 30.0 Å². The number of nitrogens with zero attached hydrogens (tertiary/aromatic N) is 1. The van der Waals surface area contributed by atoms with Crippen LogP contribution >= 0.6 is 11.6 Å². The summed E-state index contributed by atoms with van der Waals surface area (Å²) in [6.07, 6.45) is 1.18. The molecule has 3 N–H and O–H groups in total. The van der Waals surface area contributed by atoms with E-state index in [2.05, 4.69) is 10.9 Å². The van der Waals surface area contributed by atoms with Gasteiger partial charge in [-0.2, -0.15) is 0 Å². The second kappa shape index (κ2) is 12.7. The lowest BCUT2D eigenvalue weighted by Gasteiger charge is -2.28. The number of ether oxygens (including phenoxy) is 2. The number of benzene rings is 3. The SMILES string of the molecule is C[C@@H]1OC(c2ccc(OCCCO)cc2)=N[C@]1(Cc1ccccc1)C(=O)NNCCc1cccc(Cl)c1. The van der Waals surface area contributed by atoms with Crippen molar-refractivity contribution < 1.29 is 19.4 Å². The number of hydrazine groups is 1. The van der Waals surface area contributed by atoms with E-state index in [-0.39, 0.29) is 12.5 Å². The lowest BCUT2D eigenvalue weighted by molar-refractivity contribution is -0.129. The normalized spacial score (nSPS) is 18.7. The summed E-state index contributed by atoms with van der Waals surface area (Å²) in [5, 5.41) is 9.62. The molecule has 0 saturated carbocycles. The van der Waals surface area contributed by atoms with E-state index in [1.807, 2.05) is 85.8 Å². The predicted molar refractivity (Wildman–Crippen MR) is 145 cm³/mol. The Hall–Kier alpha value is -3.39. The quantitative estimate of drug-likeness (QED) is 0.246. The molecule has 3 aromatic carbocycles. The van der Waals surface area contributed by atoms with Crippen molar-refractivity contribution in [3.8, 4) is 5.75 Å². The van der Waals surface area contributed by atoms with Gasteiger partial charge in [0.05, 0.1) is 6.61 Å². The van der Waals surface area contributed by atoms with Crippen LogP contribution in [0.25, 0.3) is 0 Å².